The van der Waals surface area contributed by atoms with Crippen molar-refractivity contribution in [2.75, 3.05) is 17.7 Å². The highest BCUT2D eigenvalue weighted by Gasteiger charge is 2.17. The molecule has 0 saturated carbocycles. The molecule has 0 radical (unpaired) electrons. The Morgan fingerprint density at radius 1 is 1.08 bits per heavy atom. The number of carbonyl (C=O) groups excluding carboxylic acids is 3. The minimum Gasteiger partial charge on any atom is -0.481 e. The first kappa shape index (κ1) is 28.7. The first-order valence-electron chi connectivity index (χ1n) is 12.4. The molecule has 1 atom stereocenters. The van der Waals surface area contributed by atoms with Gasteiger partial charge in [-0.1, -0.05) is 43.8 Å². The number of benzene rings is 2. The van der Waals surface area contributed by atoms with Crippen LogP contribution >= 0.6 is 11.8 Å². The maximum Gasteiger partial charge on any atom is 0.338 e. The van der Waals surface area contributed by atoms with Crippen LogP contribution in [0.15, 0.2) is 53.7 Å². The molecule has 0 fully saturated rings. The molecule has 11 heteroatoms. The number of amides is 2. The number of hydrogen-bond donors (Lipinski definition) is 2. The lowest BCUT2D eigenvalue weighted by atomic mass is 10.2. The topological polar surface area (TPSA) is 124 Å². The van der Waals surface area contributed by atoms with Gasteiger partial charge < -0.3 is 24.7 Å². The lowest BCUT2D eigenvalue weighted by Gasteiger charge is -2.15. The van der Waals surface area contributed by atoms with Gasteiger partial charge in [0.05, 0.1) is 24.5 Å². The Hall–Kier alpha value is -3.86. The van der Waals surface area contributed by atoms with Gasteiger partial charge >= 0.3 is 5.97 Å². The molecule has 1 aromatic heterocycles. The maximum absolute atomic E-state index is 12.5. The number of thioether (sulfide) groups is 1. The summed E-state index contributed by atoms with van der Waals surface area (Å²) in [6, 6.07) is 14.2. The van der Waals surface area contributed by atoms with Crippen LogP contribution in [0, 0.1) is 0 Å². The van der Waals surface area contributed by atoms with Crippen molar-refractivity contribution >= 4 is 35.2 Å². The Kier molecular flexibility index (Phi) is 10.7. The summed E-state index contributed by atoms with van der Waals surface area (Å²) in [5.74, 6) is 0.293. The van der Waals surface area contributed by atoms with Crippen molar-refractivity contribution < 1.29 is 23.9 Å². The third-order valence-electron chi connectivity index (χ3n) is 5.51. The molecule has 0 aliphatic carbocycles. The fourth-order valence-corrected chi connectivity index (χ4v) is 4.06. The van der Waals surface area contributed by atoms with Crippen molar-refractivity contribution in [3.63, 3.8) is 0 Å². The SMILES string of the molecule is CCCOC(=O)c1cccc(NC(=O)CSc2nnc(CNC(=O)[C@@H](C)Oc3ccc(CC)cc3)n2C)c1. The fraction of sp³-hybridized carbons (Fsp3) is 0.370. The average Bonchev–Trinajstić information content (AvgIpc) is 3.28. The van der Waals surface area contributed by atoms with Gasteiger partial charge in [0.1, 0.15) is 5.75 Å². The lowest BCUT2D eigenvalue weighted by molar-refractivity contribution is -0.127. The van der Waals surface area contributed by atoms with Crippen LogP contribution in [0.1, 0.15) is 48.9 Å². The van der Waals surface area contributed by atoms with Gasteiger partial charge in [0.15, 0.2) is 17.1 Å². The molecule has 0 unspecified atom stereocenters. The van der Waals surface area contributed by atoms with Gasteiger partial charge in [-0.15, -0.1) is 10.2 Å². The molecule has 3 rings (SSSR count). The van der Waals surface area contributed by atoms with E-state index in [0.717, 1.165) is 12.8 Å². The van der Waals surface area contributed by atoms with Crippen LogP contribution in [0.4, 0.5) is 5.69 Å². The second-order valence-corrected chi connectivity index (χ2v) is 9.43. The summed E-state index contributed by atoms with van der Waals surface area (Å²) in [4.78, 5) is 37.0. The second-order valence-electron chi connectivity index (χ2n) is 8.49. The van der Waals surface area contributed by atoms with E-state index in [0.29, 0.717) is 34.6 Å². The summed E-state index contributed by atoms with van der Waals surface area (Å²) in [5, 5.41) is 14.3. The van der Waals surface area contributed by atoms with Gasteiger partial charge in [0, 0.05) is 12.7 Å². The number of ether oxygens (including phenoxy) is 2. The number of aryl methyl sites for hydroxylation is 1. The molecule has 2 aromatic carbocycles. The van der Waals surface area contributed by atoms with Gasteiger partial charge in [-0.2, -0.15) is 0 Å². The number of anilines is 1. The van der Waals surface area contributed by atoms with E-state index in [9.17, 15) is 14.4 Å². The summed E-state index contributed by atoms with van der Waals surface area (Å²) in [6.45, 7) is 6.19. The van der Waals surface area contributed by atoms with Gasteiger partial charge in [0.25, 0.3) is 5.91 Å². The van der Waals surface area contributed by atoms with Crippen molar-refractivity contribution in [1.82, 2.24) is 20.1 Å². The maximum atomic E-state index is 12.5. The van der Waals surface area contributed by atoms with Crippen LogP contribution in [0.3, 0.4) is 0 Å². The standard InChI is InChI=1S/C27H33N5O5S/c1-5-14-36-26(35)20-8-7-9-21(15-20)29-24(33)17-38-27-31-30-23(32(27)4)16-28-25(34)18(3)37-22-12-10-19(6-2)11-13-22/h7-13,15,18H,5-6,14,16-17H2,1-4H3,(H,28,34)(H,29,33)/t18-/m1/s1. The Bertz CT molecular complexity index is 1240. The van der Waals surface area contributed by atoms with Crippen LogP contribution in [-0.2, 0) is 34.3 Å². The predicted molar refractivity (Wildman–Crippen MR) is 145 cm³/mol. The molecule has 0 aliphatic rings. The van der Waals surface area contributed by atoms with E-state index in [4.69, 9.17) is 9.47 Å². The van der Waals surface area contributed by atoms with Gasteiger partial charge in [-0.25, -0.2) is 4.79 Å². The number of aromatic nitrogens is 3. The zero-order chi connectivity index (χ0) is 27.5. The number of hydrogen-bond acceptors (Lipinski definition) is 8. The van der Waals surface area contributed by atoms with E-state index in [2.05, 4.69) is 27.8 Å². The van der Waals surface area contributed by atoms with Gasteiger partial charge in [0.2, 0.25) is 5.91 Å². The number of nitrogens with one attached hydrogen (secondary N) is 2. The molecule has 2 N–H and O–H groups in total. The number of esters is 1. The third kappa shape index (κ3) is 8.34. The van der Waals surface area contributed by atoms with Gasteiger partial charge in [-0.05, 0) is 55.7 Å². The van der Waals surface area contributed by atoms with Crippen molar-refractivity contribution in [3.05, 3.63) is 65.5 Å². The molecule has 0 saturated heterocycles. The first-order valence-corrected chi connectivity index (χ1v) is 13.4. The zero-order valence-corrected chi connectivity index (χ0v) is 22.8. The molecule has 38 heavy (non-hydrogen) atoms. The minimum absolute atomic E-state index is 0.0878. The number of nitrogens with zero attached hydrogens (tertiary/aromatic N) is 3. The summed E-state index contributed by atoms with van der Waals surface area (Å²) < 4.78 is 12.6. The predicted octanol–water partition coefficient (Wildman–Crippen LogP) is 3.76. The monoisotopic (exact) mass is 539 g/mol. The van der Waals surface area contributed by atoms with Crippen LogP contribution in [0.2, 0.25) is 0 Å². The summed E-state index contributed by atoms with van der Waals surface area (Å²) in [7, 11) is 1.77. The minimum atomic E-state index is -0.680. The highest BCUT2D eigenvalue weighted by molar-refractivity contribution is 7.99. The van der Waals surface area contributed by atoms with E-state index in [1.807, 2.05) is 31.2 Å². The summed E-state index contributed by atoms with van der Waals surface area (Å²) in [6.07, 6.45) is 0.988. The van der Waals surface area contributed by atoms with Crippen molar-refractivity contribution in [1.29, 1.82) is 0 Å². The number of rotatable bonds is 13. The highest BCUT2D eigenvalue weighted by Crippen LogP contribution is 2.18. The second kappa shape index (κ2) is 14.2. The third-order valence-corrected chi connectivity index (χ3v) is 6.53. The van der Waals surface area contributed by atoms with Crippen LogP contribution in [0.25, 0.3) is 0 Å². The smallest absolute Gasteiger partial charge is 0.338 e. The van der Waals surface area contributed by atoms with Crippen molar-refractivity contribution in [2.24, 2.45) is 7.05 Å². The fourth-order valence-electron chi connectivity index (χ4n) is 3.33. The van der Waals surface area contributed by atoms with E-state index in [1.54, 1.807) is 42.8 Å². The molecular formula is C27H33N5O5S. The zero-order valence-electron chi connectivity index (χ0n) is 22.0. The van der Waals surface area contributed by atoms with Crippen LogP contribution in [0.5, 0.6) is 5.75 Å². The summed E-state index contributed by atoms with van der Waals surface area (Å²) in [5.41, 5.74) is 2.07. The highest BCUT2D eigenvalue weighted by atomic mass is 32.2. The Labute approximate surface area is 226 Å². The number of carbonyl (C=O) groups is 3. The quantitative estimate of drug-likeness (QED) is 0.249. The van der Waals surface area contributed by atoms with E-state index in [-0.39, 0.29) is 24.1 Å². The van der Waals surface area contributed by atoms with Crippen LogP contribution < -0.4 is 15.4 Å². The van der Waals surface area contributed by atoms with E-state index < -0.39 is 12.1 Å². The largest absolute Gasteiger partial charge is 0.481 e. The Morgan fingerprint density at radius 2 is 1.84 bits per heavy atom. The molecule has 3 aromatic rings. The Balaban J connectivity index is 1.46. The molecule has 1 heterocycles. The molecule has 0 aliphatic heterocycles. The molecule has 0 bridgehead atoms. The molecule has 202 valence electrons. The first-order chi connectivity index (χ1) is 18.3. The molecular weight excluding hydrogens is 506 g/mol. The normalized spacial score (nSPS) is 11.5. The molecule has 0 spiro atoms. The molecule has 10 nitrogen and oxygen atoms in total. The van der Waals surface area contributed by atoms with Crippen molar-refractivity contribution in [2.45, 2.75) is 51.4 Å². The Morgan fingerprint density at radius 3 is 2.55 bits per heavy atom. The van der Waals surface area contributed by atoms with Crippen molar-refractivity contribution in [3.8, 4) is 5.75 Å². The van der Waals surface area contributed by atoms with Gasteiger partial charge in [-0.3, -0.25) is 9.59 Å². The van der Waals surface area contributed by atoms with E-state index >= 15 is 0 Å². The average molecular weight is 540 g/mol. The van der Waals surface area contributed by atoms with E-state index in [1.165, 1.54) is 17.3 Å². The summed E-state index contributed by atoms with van der Waals surface area (Å²) >= 11 is 1.21. The lowest BCUT2D eigenvalue weighted by Crippen LogP contribution is -2.36. The molecule has 2 amide bonds. The van der Waals surface area contributed by atoms with Crippen LogP contribution in [-0.4, -0.2) is 51.0 Å².